The Kier molecular flexibility index (Phi) is 4.73. The molecular weight excluding hydrogens is 252 g/mol. The fraction of sp³-hybridized carbons (Fsp3) is 0.600. The Morgan fingerprint density at radius 3 is 2.65 bits per heavy atom. The zero-order chi connectivity index (χ0) is 14.6. The van der Waals surface area contributed by atoms with Crippen molar-refractivity contribution in [1.29, 1.82) is 0 Å². The van der Waals surface area contributed by atoms with Crippen LogP contribution < -0.4 is 15.8 Å². The van der Waals surface area contributed by atoms with E-state index in [0.29, 0.717) is 5.69 Å². The number of quaternary nitrogens is 1. The molecule has 1 fully saturated rings. The van der Waals surface area contributed by atoms with Crippen molar-refractivity contribution >= 4 is 11.4 Å². The minimum Gasteiger partial charge on any atom is -0.495 e. The molecule has 0 unspecified atom stereocenters. The van der Waals surface area contributed by atoms with Crippen LogP contribution in [0.15, 0.2) is 18.2 Å². The standard InChI is InChI=1S/C15H27N4O/c1-18-7-10-19(2,11-8-18)9-6-17-13-4-5-15(20-3)14(16)12-13/h4-5,12,17H,6-11,16H2,1-3H3/q+1. The quantitative estimate of drug-likeness (QED) is 0.625. The van der Waals surface area contributed by atoms with Gasteiger partial charge in [0.2, 0.25) is 0 Å². The molecule has 20 heavy (non-hydrogen) atoms. The number of hydrogen-bond acceptors (Lipinski definition) is 4. The van der Waals surface area contributed by atoms with Gasteiger partial charge in [-0.15, -0.1) is 0 Å². The number of methoxy groups -OCH3 is 1. The predicted molar refractivity (Wildman–Crippen MR) is 84.2 cm³/mol. The maximum atomic E-state index is 5.91. The van der Waals surface area contributed by atoms with Crippen LogP contribution in [0.25, 0.3) is 0 Å². The maximum Gasteiger partial charge on any atom is 0.141 e. The second-order valence-electron chi connectivity index (χ2n) is 5.98. The SMILES string of the molecule is COc1ccc(NCC[N+]2(C)CCN(C)CC2)cc1N. The Balaban J connectivity index is 1.82. The third-order valence-corrected chi connectivity index (χ3v) is 4.25. The lowest BCUT2D eigenvalue weighted by Crippen LogP contribution is -2.57. The number of nitrogen functional groups attached to an aromatic ring is 1. The highest BCUT2D eigenvalue weighted by atomic mass is 16.5. The van der Waals surface area contributed by atoms with Gasteiger partial charge in [0, 0.05) is 18.8 Å². The van der Waals surface area contributed by atoms with E-state index in [9.17, 15) is 0 Å². The fourth-order valence-corrected chi connectivity index (χ4v) is 2.59. The molecule has 1 saturated heterocycles. The lowest BCUT2D eigenvalue weighted by molar-refractivity contribution is -0.911. The Morgan fingerprint density at radius 1 is 1.35 bits per heavy atom. The summed E-state index contributed by atoms with van der Waals surface area (Å²) in [5, 5.41) is 3.46. The number of piperazine rings is 1. The number of likely N-dealkylation sites (N-methyl/N-ethyl adjacent to an activating group) is 2. The van der Waals surface area contributed by atoms with Crippen LogP contribution in [0.2, 0.25) is 0 Å². The third-order valence-electron chi connectivity index (χ3n) is 4.25. The van der Waals surface area contributed by atoms with Gasteiger partial charge < -0.3 is 20.3 Å². The van der Waals surface area contributed by atoms with Crippen molar-refractivity contribution in [3.05, 3.63) is 18.2 Å². The van der Waals surface area contributed by atoms with E-state index in [2.05, 4.69) is 24.3 Å². The highest BCUT2D eigenvalue weighted by molar-refractivity contribution is 5.62. The van der Waals surface area contributed by atoms with Crippen LogP contribution >= 0.6 is 0 Å². The molecule has 1 aliphatic rings. The molecule has 2 rings (SSSR count). The lowest BCUT2D eigenvalue weighted by atomic mass is 10.2. The number of hydrogen-bond donors (Lipinski definition) is 2. The number of benzene rings is 1. The average Bonchev–Trinajstić information content (AvgIpc) is 2.43. The van der Waals surface area contributed by atoms with Crippen LogP contribution in [-0.4, -0.2) is 69.9 Å². The van der Waals surface area contributed by atoms with Gasteiger partial charge in [0.05, 0.1) is 46.0 Å². The van der Waals surface area contributed by atoms with Crippen LogP contribution in [0.4, 0.5) is 11.4 Å². The molecule has 0 saturated carbocycles. The van der Waals surface area contributed by atoms with E-state index in [-0.39, 0.29) is 0 Å². The first-order chi connectivity index (χ1) is 9.52. The Labute approximate surface area is 121 Å². The highest BCUT2D eigenvalue weighted by Gasteiger charge is 2.26. The number of nitrogens with two attached hydrogens (primary N) is 1. The molecule has 1 aromatic carbocycles. The van der Waals surface area contributed by atoms with Crippen molar-refractivity contribution in [3.8, 4) is 5.75 Å². The van der Waals surface area contributed by atoms with Crippen LogP contribution in [0, 0.1) is 0 Å². The largest absolute Gasteiger partial charge is 0.495 e. The van der Waals surface area contributed by atoms with Gasteiger partial charge in [0.15, 0.2) is 0 Å². The summed E-state index contributed by atoms with van der Waals surface area (Å²) in [7, 11) is 6.18. The van der Waals surface area contributed by atoms with E-state index in [1.165, 1.54) is 26.2 Å². The molecular formula is C15H27N4O+. The van der Waals surface area contributed by atoms with Crippen molar-refractivity contribution in [3.63, 3.8) is 0 Å². The van der Waals surface area contributed by atoms with Gasteiger partial charge in [-0.2, -0.15) is 0 Å². The molecule has 0 amide bonds. The minimum atomic E-state index is 0.678. The molecule has 0 aliphatic carbocycles. The maximum absolute atomic E-state index is 5.91. The van der Waals surface area contributed by atoms with E-state index in [1.54, 1.807) is 7.11 Å². The first kappa shape index (κ1) is 14.9. The molecule has 1 aromatic rings. The van der Waals surface area contributed by atoms with Crippen LogP contribution in [-0.2, 0) is 0 Å². The number of nitrogens with zero attached hydrogens (tertiary/aromatic N) is 2. The summed E-state index contributed by atoms with van der Waals surface area (Å²) in [4.78, 5) is 2.40. The minimum absolute atomic E-state index is 0.678. The smallest absolute Gasteiger partial charge is 0.141 e. The van der Waals surface area contributed by atoms with Gasteiger partial charge >= 0.3 is 0 Å². The van der Waals surface area contributed by atoms with E-state index in [0.717, 1.165) is 29.0 Å². The van der Waals surface area contributed by atoms with Gasteiger partial charge in [-0.25, -0.2) is 0 Å². The molecule has 5 heteroatoms. The number of anilines is 2. The van der Waals surface area contributed by atoms with Crippen molar-refractivity contribution in [2.45, 2.75) is 0 Å². The summed E-state index contributed by atoms with van der Waals surface area (Å²) in [5.41, 5.74) is 7.65. The topological polar surface area (TPSA) is 50.5 Å². The van der Waals surface area contributed by atoms with Crippen molar-refractivity contribution in [1.82, 2.24) is 4.90 Å². The van der Waals surface area contributed by atoms with Crippen LogP contribution in [0.3, 0.4) is 0 Å². The molecule has 0 aromatic heterocycles. The summed E-state index contributed by atoms with van der Waals surface area (Å²) >= 11 is 0. The summed E-state index contributed by atoms with van der Waals surface area (Å²) in [6, 6.07) is 5.85. The second kappa shape index (κ2) is 6.33. The molecule has 112 valence electrons. The van der Waals surface area contributed by atoms with Gasteiger partial charge in [-0.05, 0) is 25.2 Å². The molecule has 1 heterocycles. The monoisotopic (exact) mass is 279 g/mol. The zero-order valence-corrected chi connectivity index (χ0v) is 12.9. The summed E-state index contributed by atoms with van der Waals surface area (Å²) in [6.45, 7) is 6.93. The number of ether oxygens (including phenoxy) is 1. The Morgan fingerprint density at radius 2 is 2.05 bits per heavy atom. The summed E-state index contributed by atoms with van der Waals surface area (Å²) < 4.78 is 6.31. The van der Waals surface area contributed by atoms with E-state index < -0.39 is 0 Å². The van der Waals surface area contributed by atoms with Crippen molar-refractivity contribution < 1.29 is 9.22 Å². The van der Waals surface area contributed by atoms with E-state index >= 15 is 0 Å². The lowest BCUT2D eigenvalue weighted by Gasteiger charge is -2.41. The molecule has 0 bridgehead atoms. The average molecular weight is 279 g/mol. The van der Waals surface area contributed by atoms with Crippen LogP contribution in [0.1, 0.15) is 0 Å². The van der Waals surface area contributed by atoms with Gasteiger partial charge in [-0.3, -0.25) is 4.90 Å². The van der Waals surface area contributed by atoms with Crippen LogP contribution in [0.5, 0.6) is 5.75 Å². The van der Waals surface area contributed by atoms with Gasteiger partial charge in [0.1, 0.15) is 5.75 Å². The summed E-state index contributed by atoms with van der Waals surface area (Å²) in [6.07, 6.45) is 0. The Hall–Kier alpha value is -1.46. The first-order valence-corrected chi connectivity index (χ1v) is 7.22. The zero-order valence-electron chi connectivity index (χ0n) is 12.9. The molecule has 5 nitrogen and oxygen atoms in total. The van der Waals surface area contributed by atoms with E-state index in [4.69, 9.17) is 10.5 Å². The molecule has 0 radical (unpaired) electrons. The fourth-order valence-electron chi connectivity index (χ4n) is 2.59. The summed E-state index contributed by atoms with van der Waals surface area (Å²) in [5.74, 6) is 0.730. The third kappa shape index (κ3) is 3.77. The van der Waals surface area contributed by atoms with E-state index in [1.807, 2.05) is 18.2 Å². The molecule has 0 atom stereocenters. The normalized spacial score (nSPS) is 18.8. The van der Waals surface area contributed by atoms with Gasteiger partial charge in [-0.1, -0.05) is 0 Å². The molecule has 1 aliphatic heterocycles. The van der Waals surface area contributed by atoms with Gasteiger partial charge in [0.25, 0.3) is 0 Å². The molecule has 0 spiro atoms. The predicted octanol–water partition coefficient (Wildman–Crippen LogP) is 1.08. The van der Waals surface area contributed by atoms with Crippen molar-refractivity contribution in [2.24, 2.45) is 0 Å². The number of rotatable bonds is 5. The Bertz CT molecular complexity index is 441. The number of nitrogens with one attached hydrogen (secondary N) is 1. The van der Waals surface area contributed by atoms with Crippen molar-refractivity contribution in [2.75, 3.05) is 71.5 Å². The first-order valence-electron chi connectivity index (χ1n) is 7.22. The highest BCUT2D eigenvalue weighted by Crippen LogP contribution is 2.24. The molecule has 3 N–H and O–H groups in total. The second-order valence-corrected chi connectivity index (χ2v) is 5.98.